The van der Waals surface area contributed by atoms with E-state index in [0.29, 0.717) is 5.56 Å². The zero-order valence-electron chi connectivity index (χ0n) is 28.9. The molecule has 4 aromatic rings. The van der Waals surface area contributed by atoms with Crippen LogP contribution in [0.3, 0.4) is 0 Å². The van der Waals surface area contributed by atoms with E-state index in [0.717, 1.165) is 18.8 Å². The molecule has 54 heavy (non-hydrogen) atoms. The van der Waals surface area contributed by atoms with Crippen LogP contribution >= 0.6 is 11.6 Å². The van der Waals surface area contributed by atoms with E-state index in [4.69, 9.17) is 30.9 Å². The van der Waals surface area contributed by atoms with Crippen LogP contribution in [0, 0.1) is 20.2 Å². The SMILES string of the molecule is C1CCOC1.COC(=O)Cc1ccc(O)cc1.COC(=O)Cc1ccc(OC(=O)Oc2ccc([N+](=O)[O-])cc2)cc1.O=C(Cl)Oc1ccc([N+](=O)[O-])cc1. The quantitative estimate of drug-likeness (QED) is 0.0587. The van der Waals surface area contributed by atoms with E-state index in [1.807, 2.05) is 0 Å². The molecule has 18 heteroatoms. The summed E-state index contributed by atoms with van der Waals surface area (Å²) in [6.45, 7) is 2.00. The zero-order chi connectivity index (χ0) is 39.9. The van der Waals surface area contributed by atoms with Crippen LogP contribution in [-0.4, -0.2) is 65.9 Å². The first kappa shape index (κ1) is 43.6. The lowest BCUT2D eigenvalue weighted by Gasteiger charge is -2.06. The number of hydrogen-bond acceptors (Lipinski definition) is 15. The first-order valence-electron chi connectivity index (χ1n) is 15.6. The Kier molecular flexibility index (Phi) is 19.2. The van der Waals surface area contributed by atoms with Crippen LogP contribution in [0.4, 0.5) is 21.0 Å². The Bertz CT molecular complexity index is 1810. The number of hydrogen-bond donors (Lipinski definition) is 1. The maximum atomic E-state index is 11.7. The van der Waals surface area contributed by atoms with Gasteiger partial charge in [0, 0.05) is 49.1 Å². The lowest BCUT2D eigenvalue weighted by molar-refractivity contribution is -0.385. The highest BCUT2D eigenvalue weighted by molar-refractivity contribution is 6.61. The van der Waals surface area contributed by atoms with Crippen LogP contribution in [0.2, 0.25) is 0 Å². The van der Waals surface area contributed by atoms with Gasteiger partial charge in [-0.3, -0.25) is 29.8 Å². The molecule has 0 atom stereocenters. The molecule has 0 radical (unpaired) electrons. The number of non-ortho nitro benzene ring substituents is 2. The molecule has 1 fully saturated rings. The second-order valence-electron chi connectivity index (χ2n) is 10.4. The molecule has 1 N–H and O–H groups in total. The molecule has 0 aromatic heterocycles. The Morgan fingerprint density at radius 1 is 0.630 bits per heavy atom. The number of nitrogens with zero attached hydrogens (tertiary/aromatic N) is 2. The fraction of sp³-hybridized carbons (Fsp3) is 0.222. The fourth-order valence-electron chi connectivity index (χ4n) is 3.85. The number of aromatic hydroxyl groups is 1. The van der Waals surface area contributed by atoms with Crippen molar-refractivity contribution in [2.24, 2.45) is 0 Å². The minimum atomic E-state index is -0.982. The van der Waals surface area contributed by atoms with E-state index in [-0.39, 0.29) is 59.2 Å². The fourth-order valence-corrected chi connectivity index (χ4v) is 3.94. The number of carbonyl (C=O) groups is 4. The van der Waals surface area contributed by atoms with Gasteiger partial charge in [-0.05, 0) is 72.5 Å². The smallest absolute Gasteiger partial charge is 0.508 e. The molecule has 1 aliphatic heterocycles. The zero-order valence-corrected chi connectivity index (χ0v) is 29.7. The Morgan fingerprint density at radius 2 is 0.981 bits per heavy atom. The molecule has 4 aromatic carbocycles. The van der Waals surface area contributed by atoms with E-state index in [1.165, 1.54) is 99.9 Å². The number of carbonyl (C=O) groups excluding carboxylic acids is 4. The summed E-state index contributed by atoms with van der Waals surface area (Å²) in [5.41, 5.74) is 0.373. The maximum Gasteiger partial charge on any atom is 0.519 e. The number of halogens is 1. The number of phenols is 1. The van der Waals surface area contributed by atoms with Gasteiger partial charge in [-0.15, -0.1) is 0 Å². The first-order valence-corrected chi connectivity index (χ1v) is 16.0. The molecule has 17 nitrogen and oxygen atoms in total. The number of methoxy groups -OCH3 is 2. The molecule has 0 aliphatic carbocycles. The topological polar surface area (TPSA) is 230 Å². The lowest BCUT2D eigenvalue weighted by Crippen LogP contribution is -2.13. The molecule has 1 aliphatic rings. The van der Waals surface area contributed by atoms with Crippen molar-refractivity contribution in [1.29, 1.82) is 0 Å². The van der Waals surface area contributed by atoms with Crippen LogP contribution in [0.15, 0.2) is 97.1 Å². The minimum Gasteiger partial charge on any atom is -0.508 e. The third-order valence-electron chi connectivity index (χ3n) is 6.53. The van der Waals surface area contributed by atoms with E-state index < -0.39 is 21.4 Å². The van der Waals surface area contributed by atoms with Crippen LogP contribution in [-0.2, 0) is 36.6 Å². The summed E-state index contributed by atoms with van der Waals surface area (Å²) in [5, 5.41) is 29.7. The van der Waals surface area contributed by atoms with Crippen molar-refractivity contribution >= 4 is 46.5 Å². The van der Waals surface area contributed by atoms with Gasteiger partial charge in [0.25, 0.3) is 11.4 Å². The number of nitro benzene ring substituents is 2. The standard InChI is InChI=1S/C16H13NO7.C9H10O3.C7H4ClNO4.C4H8O/c1-22-15(18)10-11-2-6-13(7-3-11)23-16(19)24-14-8-4-12(5-9-14)17(20)21;1-12-9(11)6-7-2-4-8(10)5-3-7;8-7(10)13-6-3-1-5(2-4-6)9(11)12;1-2-4-5-3-1/h2-9H,10H2,1H3;2-5,10H,6H2,1H3;1-4H;1-4H2. The van der Waals surface area contributed by atoms with Crippen molar-refractivity contribution in [3.63, 3.8) is 0 Å². The van der Waals surface area contributed by atoms with E-state index in [1.54, 1.807) is 24.3 Å². The van der Waals surface area contributed by atoms with Crippen LogP contribution in [0.5, 0.6) is 23.0 Å². The highest BCUT2D eigenvalue weighted by Crippen LogP contribution is 2.20. The number of ether oxygens (including phenoxy) is 6. The summed E-state index contributed by atoms with van der Waals surface area (Å²) in [4.78, 5) is 63.5. The van der Waals surface area contributed by atoms with E-state index >= 15 is 0 Å². The number of rotatable bonds is 9. The molecule has 286 valence electrons. The number of benzene rings is 4. The highest BCUT2D eigenvalue weighted by Gasteiger charge is 2.11. The Hall–Kier alpha value is -6.59. The summed E-state index contributed by atoms with van der Waals surface area (Å²) in [7, 11) is 2.65. The van der Waals surface area contributed by atoms with Crippen molar-refractivity contribution in [3.05, 3.63) is 128 Å². The number of nitro groups is 2. The Labute approximate surface area is 313 Å². The maximum absolute atomic E-state index is 11.7. The van der Waals surface area contributed by atoms with Crippen molar-refractivity contribution in [3.8, 4) is 23.0 Å². The molecule has 0 amide bonds. The largest absolute Gasteiger partial charge is 0.519 e. The monoisotopic (exact) mass is 770 g/mol. The second-order valence-corrected chi connectivity index (χ2v) is 10.7. The molecule has 0 unspecified atom stereocenters. The van der Waals surface area contributed by atoms with Crippen molar-refractivity contribution in [2.45, 2.75) is 25.7 Å². The number of phenolic OH excluding ortho intramolecular Hbond substituents is 1. The van der Waals surface area contributed by atoms with Gasteiger partial charge < -0.3 is 33.5 Å². The Balaban J connectivity index is 0.000000282. The molecule has 0 saturated carbocycles. The van der Waals surface area contributed by atoms with Gasteiger partial charge in [0.2, 0.25) is 0 Å². The highest BCUT2D eigenvalue weighted by atomic mass is 35.5. The summed E-state index contributed by atoms with van der Waals surface area (Å²) in [6, 6.07) is 22.7. The molecule has 1 saturated heterocycles. The molecular formula is C36H35ClN2O15. The Morgan fingerprint density at radius 3 is 1.30 bits per heavy atom. The normalized spacial score (nSPS) is 10.9. The average Bonchev–Trinajstić information content (AvgIpc) is 3.75. The molecule has 5 rings (SSSR count). The van der Waals surface area contributed by atoms with Gasteiger partial charge in [0.05, 0.1) is 36.9 Å². The van der Waals surface area contributed by atoms with Crippen molar-refractivity contribution in [2.75, 3.05) is 27.4 Å². The van der Waals surface area contributed by atoms with Crippen LogP contribution in [0.25, 0.3) is 0 Å². The third-order valence-corrected chi connectivity index (χ3v) is 6.61. The van der Waals surface area contributed by atoms with Crippen LogP contribution in [0.1, 0.15) is 24.0 Å². The average molecular weight is 771 g/mol. The van der Waals surface area contributed by atoms with Gasteiger partial charge >= 0.3 is 23.5 Å². The van der Waals surface area contributed by atoms with Gasteiger partial charge in [0.15, 0.2) is 0 Å². The van der Waals surface area contributed by atoms with Crippen LogP contribution < -0.4 is 14.2 Å². The second kappa shape index (κ2) is 23.8. The summed E-state index contributed by atoms with van der Waals surface area (Å²) >= 11 is 4.92. The van der Waals surface area contributed by atoms with E-state index in [9.17, 15) is 39.4 Å². The molecule has 1 heterocycles. The predicted molar refractivity (Wildman–Crippen MR) is 191 cm³/mol. The van der Waals surface area contributed by atoms with Gasteiger partial charge in [-0.1, -0.05) is 24.3 Å². The van der Waals surface area contributed by atoms with Crippen molar-refractivity contribution < 1.29 is 62.6 Å². The minimum absolute atomic E-state index is 0.0747. The van der Waals surface area contributed by atoms with Gasteiger partial charge in [-0.25, -0.2) is 9.59 Å². The third kappa shape index (κ3) is 18.1. The predicted octanol–water partition coefficient (Wildman–Crippen LogP) is 7.13. The summed E-state index contributed by atoms with van der Waals surface area (Å²) in [6.07, 6.45) is 1.94. The first-order chi connectivity index (χ1) is 25.8. The summed E-state index contributed by atoms with van der Waals surface area (Å²) in [5.74, 6) is 0.0691. The van der Waals surface area contributed by atoms with Gasteiger partial charge in [-0.2, -0.15) is 0 Å². The van der Waals surface area contributed by atoms with E-state index in [2.05, 4.69) is 14.2 Å². The molecule has 0 bridgehead atoms. The van der Waals surface area contributed by atoms with Crippen molar-refractivity contribution in [1.82, 2.24) is 0 Å². The number of esters is 2. The summed E-state index contributed by atoms with van der Waals surface area (Å²) < 4.78 is 28.3. The van der Waals surface area contributed by atoms with Gasteiger partial charge in [0.1, 0.15) is 23.0 Å². The molecular weight excluding hydrogens is 736 g/mol. The lowest BCUT2D eigenvalue weighted by atomic mass is 10.1. The molecule has 0 spiro atoms.